The second kappa shape index (κ2) is 8.07. The van der Waals surface area contributed by atoms with E-state index >= 15 is 0 Å². The molecule has 0 aliphatic heterocycles. The van der Waals surface area contributed by atoms with Gasteiger partial charge in [0.15, 0.2) is 0 Å². The SMILES string of the molecule is NNc1ccc(C(=O)NCCOCC(F)F)cc1[N+](=O)[O-]. The van der Waals surface area contributed by atoms with Gasteiger partial charge in [-0.3, -0.25) is 20.8 Å². The first-order valence-electron chi connectivity index (χ1n) is 5.85. The van der Waals surface area contributed by atoms with Crippen LogP contribution in [-0.4, -0.2) is 37.0 Å². The molecule has 0 aliphatic rings. The quantitative estimate of drug-likeness (QED) is 0.284. The summed E-state index contributed by atoms with van der Waals surface area (Å²) in [5.41, 5.74) is 1.92. The van der Waals surface area contributed by atoms with E-state index in [1.165, 1.54) is 12.1 Å². The third-order valence-corrected chi connectivity index (χ3v) is 2.39. The van der Waals surface area contributed by atoms with Crippen LogP contribution in [0.2, 0.25) is 0 Å². The van der Waals surface area contributed by atoms with Crippen LogP contribution in [0.15, 0.2) is 18.2 Å². The van der Waals surface area contributed by atoms with Crippen molar-refractivity contribution in [3.63, 3.8) is 0 Å². The van der Waals surface area contributed by atoms with Crippen LogP contribution < -0.4 is 16.6 Å². The van der Waals surface area contributed by atoms with Gasteiger partial charge >= 0.3 is 0 Å². The number of rotatable bonds is 8. The lowest BCUT2D eigenvalue weighted by atomic mass is 10.1. The fraction of sp³-hybridized carbons (Fsp3) is 0.364. The fourth-order valence-corrected chi connectivity index (χ4v) is 1.46. The molecular formula is C11H14F2N4O4. The zero-order valence-electron chi connectivity index (χ0n) is 10.8. The molecule has 0 saturated heterocycles. The molecule has 0 atom stereocenters. The highest BCUT2D eigenvalue weighted by Gasteiger charge is 2.16. The van der Waals surface area contributed by atoms with Crippen molar-refractivity contribution in [3.8, 4) is 0 Å². The number of ether oxygens (including phenoxy) is 1. The molecule has 1 aromatic rings. The number of hydrogen-bond acceptors (Lipinski definition) is 6. The molecule has 0 aromatic heterocycles. The Balaban J connectivity index is 2.58. The van der Waals surface area contributed by atoms with Crippen LogP contribution in [-0.2, 0) is 4.74 Å². The van der Waals surface area contributed by atoms with Crippen LogP contribution >= 0.6 is 0 Å². The predicted octanol–water partition coefficient (Wildman–Crippen LogP) is 0.892. The molecule has 8 nitrogen and oxygen atoms in total. The van der Waals surface area contributed by atoms with Gasteiger partial charge in [0.05, 0.1) is 11.5 Å². The van der Waals surface area contributed by atoms with E-state index in [9.17, 15) is 23.7 Å². The zero-order valence-corrected chi connectivity index (χ0v) is 10.8. The van der Waals surface area contributed by atoms with Crippen molar-refractivity contribution in [2.24, 2.45) is 5.84 Å². The summed E-state index contributed by atoms with van der Waals surface area (Å²) in [6.07, 6.45) is -2.57. The van der Waals surface area contributed by atoms with Crippen LogP contribution in [0.1, 0.15) is 10.4 Å². The molecule has 116 valence electrons. The molecule has 0 bridgehead atoms. The Hall–Kier alpha value is -2.33. The van der Waals surface area contributed by atoms with E-state index in [4.69, 9.17) is 5.84 Å². The zero-order chi connectivity index (χ0) is 15.8. The van der Waals surface area contributed by atoms with Crippen LogP contribution in [0, 0.1) is 10.1 Å². The summed E-state index contributed by atoms with van der Waals surface area (Å²) in [5, 5.41) is 13.2. The number of nitrogen functional groups attached to an aromatic ring is 1. The van der Waals surface area contributed by atoms with Gasteiger partial charge in [0.25, 0.3) is 18.0 Å². The first kappa shape index (κ1) is 16.7. The lowest BCUT2D eigenvalue weighted by molar-refractivity contribution is -0.384. The number of alkyl halides is 2. The Labute approximate surface area is 118 Å². The number of benzene rings is 1. The highest BCUT2D eigenvalue weighted by molar-refractivity contribution is 5.95. The molecule has 0 spiro atoms. The average molecular weight is 304 g/mol. The minimum absolute atomic E-state index is 0.0102. The number of carbonyl (C=O) groups excluding carboxylic acids is 1. The van der Waals surface area contributed by atoms with Crippen LogP contribution in [0.25, 0.3) is 0 Å². The van der Waals surface area contributed by atoms with Crippen molar-refractivity contribution in [2.75, 3.05) is 25.2 Å². The number of nitro benzene ring substituents is 1. The smallest absolute Gasteiger partial charge is 0.294 e. The molecule has 0 fully saturated rings. The lowest BCUT2D eigenvalue weighted by Gasteiger charge is -2.07. The molecular weight excluding hydrogens is 290 g/mol. The number of nitrogens with one attached hydrogen (secondary N) is 2. The summed E-state index contributed by atoms with van der Waals surface area (Å²) in [7, 11) is 0. The van der Waals surface area contributed by atoms with Gasteiger partial charge in [-0.1, -0.05) is 0 Å². The summed E-state index contributed by atoms with van der Waals surface area (Å²) in [6.45, 7) is -0.783. The third-order valence-electron chi connectivity index (χ3n) is 2.39. The molecule has 0 aliphatic carbocycles. The highest BCUT2D eigenvalue weighted by atomic mass is 19.3. The number of amides is 1. The highest BCUT2D eigenvalue weighted by Crippen LogP contribution is 2.24. The number of carbonyl (C=O) groups is 1. The third kappa shape index (κ3) is 5.28. The largest absolute Gasteiger partial charge is 0.374 e. The number of hydrogen-bond donors (Lipinski definition) is 3. The Morgan fingerprint density at radius 2 is 2.19 bits per heavy atom. The van der Waals surface area contributed by atoms with Crippen molar-refractivity contribution >= 4 is 17.3 Å². The van der Waals surface area contributed by atoms with E-state index < -0.39 is 23.9 Å². The minimum Gasteiger partial charge on any atom is -0.374 e. The molecule has 4 N–H and O–H groups in total. The molecule has 1 rings (SSSR count). The van der Waals surface area contributed by atoms with Gasteiger partial charge in [-0.2, -0.15) is 0 Å². The van der Waals surface area contributed by atoms with Crippen molar-refractivity contribution in [1.82, 2.24) is 5.32 Å². The maximum absolute atomic E-state index is 11.8. The number of nitrogens with zero attached hydrogens (tertiary/aromatic N) is 1. The lowest BCUT2D eigenvalue weighted by Crippen LogP contribution is -2.28. The normalized spacial score (nSPS) is 10.5. The summed E-state index contributed by atoms with van der Waals surface area (Å²) in [4.78, 5) is 21.9. The standard InChI is InChI=1S/C11H14F2N4O4/c12-10(13)6-21-4-3-15-11(18)7-1-2-8(16-14)9(5-7)17(19)20/h1-2,5,10,16H,3-4,6,14H2,(H,15,18). The van der Waals surface area contributed by atoms with Crippen LogP contribution in [0.4, 0.5) is 20.2 Å². The Morgan fingerprint density at radius 3 is 2.76 bits per heavy atom. The molecule has 10 heteroatoms. The minimum atomic E-state index is -2.57. The summed E-state index contributed by atoms with van der Waals surface area (Å²) >= 11 is 0. The molecule has 1 aromatic carbocycles. The maximum Gasteiger partial charge on any atom is 0.294 e. The molecule has 0 heterocycles. The monoisotopic (exact) mass is 304 g/mol. The van der Waals surface area contributed by atoms with Crippen molar-refractivity contribution in [1.29, 1.82) is 0 Å². The fourth-order valence-electron chi connectivity index (χ4n) is 1.46. The first-order valence-corrected chi connectivity index (χ1v) is 5.85. The van der Waals surface area contributed by atoms with Gasteiger partial charge in [0.1, 0.15) is 12.3 Å². The number of nitrogens with two attached hydrogens (primary N) is 1. The van der Waals surface area contributed by atoms with E-state index in [1.54, 1.807) is 0 Å². The van der Waals surface area contributed by atoms with Crippen molar-refractivity contribution in [2.45, 2.75) is 6.43 Å². The first-order chi connectivity index (χ1) is 9.95. The molecule has 1 amide bonds. The summed E-state index contributed by atoms with van der Waals surface area (Å²) in [6, 6.07) is 3.70. The second-order valence-corrected chi connectivity index (χ2v) is 3.86. The Morgan fingerprint density at radius 1 is 1.48 bits per heavy atom. The second-order valence-electron chi connectivity index (χ2n) is 3.86. The van der Waals surface area contributed by atoms with Gasteiger partial charge in [-0.25, -0.2) is 8.78 Å². The van der Waals surface area contributed by atoms with E-state index in [0.717, 1.165) is 6.07 Å². The summed E-state index contributed by atoms with van der Waals surface area (Å²) < 4.78 is 28.1. The van der Waals surface area contributed by atoms with E-state index in [1.807, 2.05) is 0 Å². The number of hydrazine groups is 1. The number of anilines is 1. The number of halogens is 2. The van der Waals surface area contributed by atoms with Crippen molar-refractivity contribution in [3.05, 3.63) is 33.9 Å². The van der Waals surface area contributed by atoms with E-state index in [2.05, 4.69) is 15.5 Å². The van der Waals surface area contributed by atoms with Gasteiger partial charge in [-0.05, 0) is 12.1 Å². The van der Waals surface area contributed by atoms with Gasteiger partial charge < -0.3 is 15.5 Å². The molecule has 0 radical (unpaired) electrons. The van der Waals surface area contributed by atoms with Crippen molar-refractivity contribution < 1.29 is 23.2 Å². The maximum atomic E-state index is 11.8. The van der Waals surface area contributed by atoms with Gasteiger partial charge in [0, 0.05) is 18.2 Å². The summed E-state index contributed by atoms with van der Waals surface area (Å²) in [5.74, 6) is 4.54. The van der Waals surface area contributed by atoms with E-state index in [0.29, 0.717) is 0 Å². The molecule has 0 unspecified atom stereocenters. The molecule has 21 heavy (non-hydrogen) atoms. The average Bonchev–Trinajstić information content (AvgIpc) is 2.45. The van der Waals surface area contributed by atoms with Gasteiger partial charge in [-0.15, -0.1) is 0 Å². The van der Waals surface area contributed by atoms with Gasteiger partial charge in [0.2, 0.25) is 0 Å². The Bertz CT molecular complexity index is 513. The van der Waals surface area contributed by atoms with Crippen LogP contribution in [0.3, 0.4) is 0 Å². The molecule has 0 saturated carbocycles. The Kier molecular flexibility index (Phi) is 6.43. The van der Waals surface area contributed by atoms with Crippen LogP contribution in [0.5, 0.6) is 0 Å². The predicted molar refractivity (Wildman–Crippen MR) is 70.1 cm³/mol. The van der Waals surface area contributed by atoms with E-state index in [-0.39, 0.29) is 30.1 Å². The topological polar surface area (TPSA) is 120 Å². The number of nitro groups is 1.